The van der Waals surface area contributed by atoms with E-state index in [-0.39, 0.29) is 30.0 Å². The lowest BCUT2D eigenvalue weighted by atomic mass is 10.0. The zero-order valence-corrected chi connectivity index (χ0v) is 21.2. The quantitative estimate of drug-likeness (QED) is 0.289. The molecule has 1 aromatic heterocycles. The van der Waals surface area contributed by atoms with Gasteiger partial charge in [-0.25, -0.2) is 0 Å². The van der Waals surface area contributed by atoms with Gasteiger partial charge >= 0.3 is 0 Å². The minimum Gasteiger partial charge on any atom is -0.379 e. The molecule has 1 fully saturated rings. The number of hydrogen-bond acceptors (Lipinski definition) is 5. The number of halogens is 1. The van der Waals surface area contributed by atoms with E-state index in [1.165, 1.54) is 11.1 Å². The van der Waals surface area contributed by atoms with Gasteiger partial charge in [0.1, 0.15) is 12.2 Å². The third kappa shape index (κ3) is 7.73. The van der Waals surface area contributed by atoms with Crippen LogP contribution in [0.25, 0.3) is 0 Å². The van der Waals surface area contributed by atoms with Gasteiger partial charge in [-0.15, -0.1) is 34.2 Å². The number of aromatic nitrogens is 3. The first-order valence-electron chi connectivity index (χ1n) is 11.0. The van der Waals surface area contributed by atoms with Crippen LogP contribution >= 0.6 is 24.0 Å². The van der Waals surface area contributed by atoms with E-state index in [2.05, 4.69) is 75.3 Å². The van der Waals surface area contributed by atoms with Crippen molar-refractivity contribution in [3.05, 3.63) is 47.5 Å². The molecule has 0 saturated carbocycles. The van der Waals surface area contributed by atoms with Crippen molar-refractivity contribution in [1.82, 2.24) is 30.3 Å². The van der Waals surface area contributed by atoms with E-state index in [9.17, 15) is 0 Å². The number of morpholine rings is 1. The van der Waals surface area contributed by atoms with Crippen molar-refractivity contribution in [2.75, 3.05) is 45.9 Å². The van der Waals surface area contributed by atoms with Gasteiger partial charge in [0.05, 0.1) is 25.8 Å². The number of hydrogen-bond donors (Lipinski definition) is 2. The van der Waals surface area contributed by atoms with Gasteiger partial charge in [0, 0.05) is 39.1 Å². The molecule has 8 nitrogen and oxygen atoms in total. The van der Waals surface area contributed by atoms with Gasteiger partial charge in [0.2, 0.25) is 0 Å². The lowest BCUT2D eigenvalue weighted by molar-refractivity contribution is 0.0179. The van der Waals surface area contributed by atoms with Crippen LogP contribution in [-0.2, 0) is 17.7 Å². The van der Waals surface area contributed by atoms with Crippen LogP contribution in [0.3, 0.4) is 0 Å². The van der Waals surface area contributed by atoms with E-state index in [4.69, 9.17) is 9.73 Å². The first-order chi connectivity index (χ1) is 14.7. The van der Waals surface area contributed by atoms with Crippen molar-refractivity contribution in [3.8, 4) is 0 Å². The molecule has 1 atom stereocenters. The number of aryl methyl sites for hydroxylation is 2. The standard InChI is InChI=1S/C22H35N7O.HI/c1-4-21-27-26-17-29(21)11-10-24-22(23-5-2)25-16-20(28-12-14-30-15-13-28)19-8-6-18(3)7-9-19;/h6-9,17,20H,4-5,10-16H2,1-3H3,(H2,23,24,25);1H. The summed E-state index contributed by atoms with van der Waals surface area (Å²) in [6, 6.07) is 9.06. The number of nitrogens with one attached hydrogen (secondary N) is 2. The average Bonchev–Trinajstić information content (AvgIpc) is 3.23. The third-order valence-electron chi connectivity index (χ3n) is 5.37. The SMILES string of the molecule is CCNC(=NCC(c1ccc(C)cc1)N1CCOCC1)NCCn1cnnc1CC.I. The topological polar surface area (TPSA) is 79.6 Å². The van der Waals surface area contributed by atoms with Crippen LogP contribution < -0.4 is 10.6 Å². The maximum Gasteiger partial charge on any atom is 0.191 e. The summed E-state index contributed by atoms with van der Waals surface area (Å²) in [6.45, 7) is 12.8. The Balaban J connectivity index is 0.00000341. The maximum absolute atomic E-state index is 5.56. The van der Waals surface area contributed by atoms with Gasteiger partial charge in [0.25, 0.3) is 0 Å². The Hall–Kier alpha value is -1.72. The predicted molar refractivity (Wildman–Crippen MR) is 135 cm³/mol. The van der Waals surface area contributed by atoms with Crippen molar-refractivity contribution >= 4 is 29.9 Å². The molecule has 3 rings (SSSR count). The lowest BCUT2D eigenvalue weighted by Crippen LogP contribution is -2.42. The van der Waals surface area contributed by atoms with Gasteiger partial charge in [-0.2, -0.15) is 0 Å². The molecule has 172 valence electrons. The largest absolute Gasteiger partial charge is 0.379 e. The van der Waals surface area contributed by atoms with Crippen molar-refractivity contribution in [3.63, 3.8) is 0 Å². The minimum absolute atomic E-state index is 0. The van der Waals surface area contributed by atoms with Crippen LogP contribution in [-0.4, -0.2) is 71.6 Å². The second-order valence-electron chi connectivity index (χ2n) is 7.52. The third-order valence-corrected chi connectivity index (χ3v) is 5.37. The molecular weight excluding hydrogens is 505 g/mol. The molecule has 2 heterocycles. The van der Waals surface area contributed by atoms with Crippen molar-refractivity contribution in [2.24, 2.45) is 4.99 Å². The molecule has 1 saturated heterocycles. The Morgan fingerprint density at radius 1 is 1.16 bits per heavy atom. The number of ether oxygens (including phenoxy) is 1. The molecule has 2 N–H and O–H groups in total. The summed E-state index contributed by atoms with van der Waals surface area (Å²) in [5.74, 6) is 1.85. The van der Waals surface area contributed by atoms with Gasteiger partial charge in [-0.3, -0.25) is 9.89 Å². The van der Waals surface area contributed by atoms with Crippen molar-refractivity contribution < 1.29 is 4.74 Å². The monoisotopic (exact) mass is 541 g/mol. The Bertz CT molecular complexity index is 787. The van der Waals surface area contributed by atoms with E-state index in [1.54, 1.807) is 6.33 Å². The molecule has 0 spiro atoms. The van der Waals surface area contributed by atoms with Crippen LogP contribution in [0.4, 0.5) is 0 Å². The Kier molecular flexibility index (Phi) is 11.2. The zero-order valence-electron chi connectivity index (χ0n) is 18.9. The van der Waals surface area contributed by atoms with Crippen LogP contribution in [0.1, 0.15) is 36.8 Å². The molecule has 31 heavy (non-hydrogen) atoms. The molecule has 0 amide bonds. The Morgan fingerprint density at radius 3 is 2.58 bits per heavy atom. The second-order valence-corrected chi connectivity index (χ2v) is 7.52. The highest BCUT2D eigenvalue weighted by Crippen LogP contribution is 2.22. The number of benzene rings is 1. The van der Waals surface area contributed by atoms with Gasteiger partial charge in [0.15, 0.2) is 5.96 Å². The fraction of sp³-hybridized carbons (Fsp3) is 0.591. The summed E-state index contributed by atoms with van der Waals surface area (Å²) < 4.78 is 7.64. The summed E-state index contributed by atoms with van der Waals surface area (Å²) in [6.07, 6.45) is 2.67. The van der Waals surface area contributed by atoms with E-state index in [0.29, 0.717) is 6.54 Å². The van der Waals surface area contributed by atoms with Crippen molar-refractivity contribution in [2.45, 2.75) is 39.8 Å². The molecule has 1 aliphatic rings. The molecule has 1 aromatic carbocycles. The first kappa shape index (κ1) is 25.5. The highest BCUT2D eigenvalue weighted by Gasteiger charge is 2.22. The number of guanidine groups is 1. The molecule has 0 aliphatic carbocycles. The van der Waals surface area contributed by atoms with Gasteiger partial charge < -0.3 is 19.9 Å². The first-order valence-corrected chi connectivity index (χ1v) is 11.0. The maximum atomic E-state index is 5.56. The lowest BCUT2D eigenvalue weighted by Gasteiger charge is -2.34. The number of aliphatic imine (C=N–C) groups is 1. The average molecular weight is 541 g/mol. The summed E-state index contributed by atoms with van der Waals surface area (Å²) in [4.78, 5) is 7.40. The summed E-state index contributed by atoms with van der Waals surface area (Å²) in [7, 11) is 0. The smallest absolute Gasteiger partial charge is 0.191 e. The molecule has 1 unspecified atom stereocenters. The fourth-order valence-corrected chi connectivity index (χ4v) is 3.66. The fourth-order valence-electron chi connectivity index (χ4n) is 3.66. The van der Waals surface area contributed by atoms with E-state index < -0.39 is 0 Å². The molecule has 0 radical (unpaired) electrons. The number of nitrogens with zero attached hydrogens (tertiary/aromatic N) is 5. The molecule has 1 aliphatic heterocycles. The van der Waals surface area contributed by atoms with Crippen LogP contribution in [0.15, 0.2) is 35.6 Å². The highest BCUT2D eigenvalue weighted by atomic mass is 127. The Morgan fingerprint density at radius 2 is 1.90 bits per heavy atom. The van der Waals surface area contributed by atoms with Crippen LogP contribution in [0.5, 0.6) is 0 Å². The van der Waals surface area contributed by atoms with E-state index in [0.717, 1.165) is 64.1 Å². The van der Waals surface area contributed by atoms with Gasteiger partial charge in [-0.1, -0.05) is 36.8 Å². The van der Waals surface area contributed by atoms with Crippen LogP contribution in [0.2, 0.25) is 0 Å². The predicted octanol–water partition coefficient (Wildman–Crippen LogP) is 2.40. The molecule has 0 bridgehead atoms. The van der Waals surface area contributed by atoms with Gasteiger partial charge in [-0.05, 0) is 19.4 Å². The number of rotatable bonds is 9. The van der Waals surface area contributed by atoms with Crippen LogP contribution in [0, 0.1) is 6.92 Å². The summed E-state index contributed by atoms with van der Waals surface area (Å²) >= 11 is 0. The summed E-state index contributed by atoms with van der Waals surface area (Å²) in [5.41, 5.74) is 2.58. The normalized spacial score (nSPS) is 15.9. The zero-order chi connectivity index (χ0) is 21.2. The van der Waals surface area contributed by atoms with Crippen molar-refractivity contribution in [1.29, 1.82) is 0 Å². The molecule has 2 aromatic rings. The Labute approximate surface area is 202 Å². The van der Waals surface area contributed by atoms with E-state index >= 15 is 0 Å². The second kappa shape index (κ2) is 13.6. The molecule has 9 heteroatoms. The molecular formula is C22H36IN7O. The minimum atomic E-state index is 0. The highest BCUT2D eigenvalue weighted by molar-refractivity contribution is 14.0. The summed E-state index contributed by atoms with van der Waals surface area (Å²) in [5, 5.41) is 15.0. The van der Waals surface area contributed by atoms with E-state index in [1.807, 2.05) is 0 Å².